The van der Waals surface area contributed by atoms with Crippen molar-refractivity contribution >= 4 is 17.7 Å². The van der Waals surface area contributed by atoms with E-state index in [4.69, 9.17) is 4.74 Å². The highest BCUT2D eigenvalue weighted by Gasteiger charge is 2.23. The summed E-state index contributed by atoms with van der Waals surface area (Å²) in [4.78, 5) is 11.0. The molecule has 1 unspecified atom stereocenters. The molecule has 3 nitrogen and oxygen atoms in total. The van der Waals surface area contributed by atoms with Gasteiger partial charge in [0.2, 0.25) is 5.91 Å². The van der Waals surface area contributed by atoms with Crippen LogP contribution >= 0.6 is 11.8 Å². The number of carbonyl (C=O) groups excluding carboxylic acids is 1. The Kier molecular flexibility index (Phi) is 3.72. The van der Waals surface area contributed by atoms with Crippen LogP contribution in [0.5, 0.6) is 0 Å². The minimum Gasteiger partial charge on any atom is -0.384 e. The summed E-state index contributed by atoms with van der Waals surface area (Å²) in [5.74, 6) is 1.10. The largest absolute Gasteiger partial charge is 0.384 e. The molecule has 1 saturated heterocycles. The third kappa shape index (κ3) is 2.71. The molecule has 1 amide bonds. The fourth-order valence-electron chi connectivity index (χ4n) is 1.00. The molecular formula is C7H13NO2S. The number of amides is 1. The van der Waals surface area contributed by atoms with Crippen molar-refractivity contribution in [3.05, 3.63) is 0 Å². The number of nitrogens with one attached hydrogen (secondary N) is 1. The first kappa shape index (κ1) is 8.87. The van der Waals surface area contributed by atoms with Gasteiger partial charge >= 0.3 is 0 Å². The SMILES string of the molecule is COCCSC1CCNC1=O. The average molecular weight is 175 g/mol. The third-order valence-corrected chi connectivity index (χ3v) is 2.86. The lowest BCUT2D eigenvalue weighted by atomic mass is 10.4. The average Bonchev–Trinajstić information content (AvgIpc) is 2.37. The lowest BCUT2D eigenvalue weighted by Crippen LogP contribution is -2.21. The molecule has 64 valence electrons. The van der Waals surface area contributed by atoms with Gasteiger partial charge in [-0.25, -0.2) is 0 Å². The fraction of sp³-hybridized carbons (Fsp3) is 0.857. The topological polar surface area (TPSA) is 38.3 Å². The number of ether oxygens (including phenoxy) is 1. The molecule has 11 heavy (non-hydrogen) atoms. The molecule has 1 aliphatic heterocycles. The van der Waals surface area contributed by atoms with Crippen LogP contribution in [0.15, 0.2) is 0 Å². The second kappa shape index (κ2) is 4.62. The van der Waals surface area contributed by atoms with Gasteiger partial charge in [0.15, 0.2) is 0 Å². The molecule has 0 radical (unpaired) electrons. The van der Waals surface area contributed by atoms with Gasteiger partial charge in [-0.05, 0) is 6.42 Å². The van der Waals surface area contributed by atoms with Crippen LogP contribution in [0.1, 0.15) is 6.42 Å². The zero-order valence-corrected chi connectivity index (χ0v) is 7.45. The molecule has 0 spiro atoms. The normalized spacial score (nSPS) is 23.7. The van der Waals surface area contributed by atoms with Crippen LogP contribution in [-0.4, -0.2) is 37.2 Å². The van der Waals surface area contributed by atoms with Gasteiger partial charge in [-0.1, -0.05) is 0 Å². The van der Waals surface area contributed by atoms with Crippen molar-refractivity contribution < 1.29 is 9.53 Å². The molecule has 0 saturated carbocycles. The van der Waals surface area contributed by atoms with E-state index in [-0.39, 0.29) is 11.2 Å². The molecule has 0 aliphatic carbocycles. The van der Waals surface area contributed by atoms with E-state index in [1.807, 2.05) is 0 Å². The Bertz CT molecular complexity index is 140. The van der Waals surface area contributed by atoms with Gasteiger partial charge < -0.3 is 10.1 Å². The highest BCUT2D eigenvalue weighted by Crippen LogP contribution is 2.17. The summed E-state index contributed by atoms with van der Waals surface area (Å²) in [5.41, 5.74) is 0. The van der Waals surface area contributed by atoms with Gasteiger partial charge in [-0.3, -0.25) is 4.79 Å². The number of rotatable bonds is 4. The van der Waals surface area contributed by atoms with Crippen LogP contribution in [-0.2, 0) is 9.53 Å². The Balaban J connectivity index is 2.10. The summed E-state index contributed by atoms with van der Waals surface area (Å²) in [6.45, 7) is 1.57. The van der Waals surface area contributed by atoms with Gasteiger partial charge in [-0.2, -0.15) is 0 Å². The Morgan fingerprint density at radius 1 is 1.82 bits per heavy atom. The van der Waals surface area contributed by atoms with E-state index in [2.05, 4.69) is 5.32 Å². The first-order valence-corrected chi connectivity index (χ1v) is 4.77. The predicted octanol–water partition coefficient (Wildman–Crippen LogP) is 0.255. The maximum absolute atomic E-state index is 11.0. The second-order valence-corrected chi connectivity index (χ2v) is 3.74. The van der Waals surface area contributed by atoms with Crippen LogP contribution in [0.25, 0.3) is 0 Å². The summed E-state index contributed by atoms with van der Waals surface area (Å²) in [6, 6.07) is 0. The van der Waals surface area contributed by atoms with Crippen molar-refractivity contribution in [3.63, 3.8) is 0 Å². The summed E-state index contributed by atoms with van der Waals surface area (Å²) in [6.07, 6.45) is 0.965. The molecule has 1 N–H and O–H groups in total. The molecule has 0 bridgehead atoms. The van der Waals surface area contributed by atoms with Crippen LogP contribution in [0.3, 0.4) is 0 Å². The molecule has 1 rings (SSSR count). The van der Waals surface area contributed by atoms with E-state index in [9.17, 15) is 4.79 Å². The highest BCUT2D eigenvalue weighted by atomic mass is 32.2. The monoisotopic (exact) mass is 175 g/mol. The molecule has 1 aliphatic rings. The molecule has 1 heterocycles. The van der Waals surface area contributed by atoms with E-state index in [0.717, 1.165) is 25.3 Å². The van der Waals surface area contributed by atoms with Crippen molar-refractivity contribution in [2.75, 3.05) is 26.0 Å². The van der Waals surface area contributed by atoms with E-state index < -0.39 is 0 Å². The Labute approximate surface area is 70.9 Å². The smallest absolute Gasteiger partial charge is 0.233 e. The zero-order valence-electron chi connectivity index (χ0n) is 6.63. The highest BCUT2D eigenvalue weighted by molar-refractivity contribution is 8.00. The molecule has 1 fully saturated rings. The number of carbonyl (C=O) groups is 1. The van der Waals surface area contributed by atoms with Crippen molar-refractivity contribution in [1.29, 1.82) is 0 Å². The van der Waals surface area contributed by atoms with E-state index >= 15 is 0 Å². The van der Waals surface area contributed by atoms with Crippen molar-refractivity contribution in [2.24, 2.45) is 0 Å². The predicted molar refractivity (Wildman–Crippen MR) is 45.7 cm³/mol. The lowest BCUT2D eigenvalue weighted by Gasteiger charge is -2.04. The third-order valence-electron chi connectivity index (χ3n) is 1.60. The number of hydrogen-bond donors (Lipinski definition) is 1. The maximum atomic E-state index is 11.0. The van der Waals surface area contributed by atoms with Crippen molar-refractivity contribution in [2.45, 2.75) is 11.7 Å². The molecule has 4 heteroatoms. The van der Waals surface area contributed by atoms with E-state index in [1.54, 1.807) is 18.9 Å². The quantitative estimate of drug-likeness (QED) is 0.623. The number of hydrogen-bond acceptors (Lipinski definition) is 3. The fourth-order valence-corrected chi connectivity index (χ4v) is 2.07. The second-order valence-electron chi connectivity index (χ2n) is 2.43. The minimum absolute atomic E-state index is 0.171. The zero-order chi connectivity index (χ0) is 8.10. The summed E-state index contributed by atoms with van der Waals surface area (Å²) < 4.78 is 4.88. The lowest BCUT2D eigenvalue weighted by molar-refractivity contribution is -0.118. The summed E-state index contributed by atoms with van der Waals surface area (Å²) in [5, 5.41) is 2.97. The van der Waals surface area contributed by atoms with Crippen LogP contribution in [0.4, 0.5) is 0 Å². The van der Waals surface area contributed by atoms with Crippen LogP contribution in [0, 0.1) is 0 Å². The molecule has 0 aromatic carbocycles. The van der Waals surface area contributed by atoms with Crippen LogP contribution in [0.2, 0.25) is 0 Å². The Hall–Kier alpha value is -0.220. The van der Waals surface area contributed by atoms with Gasteiger partial charge in [0, 0.05) is 19.4 Å². The van der Waals surface area contributed by atoms with Crippen molar-refractivity contribution in [3.8, 4) is 0 Å². The minimum atomic E-state index is 0.171. The maximum Gasteiger partial charge on any atom is 0.233 e. The summed E-state index contributed by atoms with van der Waals surface area (Å²) in [7, 11) is 1.68. The van der Waals surface area contributed by atoms with Gasteiger partial charge in [0.1, 0.15) is 0 Å². The molecule has 0 aromatic rings. The standard InChI is InChI=1S/C7H13NO2S/c1-10-4-5-11-6-2-3-8-7(6)9/h6H,2-5H2,1H3,(H,8,9). The van der Waals surface area contributed by atoms with Gasteiger partial charge in [0.05, 0.1) is 11.9 Å². The Morgan fingerprint density at radius 2 is 2.64 bits per heavy atom. The molecule has 1 atom stereocenters. The molecular weight excluding hydrogens is 162 g/mol. The first-order chi connectivity index (χ1) is 5.34. The van der Waals surface area contributed by atoms with E-state index in [1.165, 1.54) is 0 Å². The number of methoxy groups -OCH3 is 1. The van der Waals surface area contributed by atoms with Gasteiger partial charge in [-0.15, -0.1) is 11.8 Å². The van der Waals surface area contributed by atoms with Gasteiger partial charge in [0.25, 0.3) is 0 Å². The van der Waals surface area contributed by atoms with Crippen molar-refractivity contribution in [1.82, 2.24) is 5.32 Å². The summed E-state index contributed by atoms with van der Waals surface area (Å²) >= 11 is 1.68. The van der Waals surface area contributed by atoms with E-state index in [0.29, 0.717) is 0 Å². The molecule has 0 aromatic heterocycles. The first-order valence-electron chi connectivity index (χ1n) is 3.73. The number of thioether (sulfide) groups is 1. The van der Waals surface area contributed by atoms with Crippen LogP contribution < -0.4 is 5.32 Å². The Morgan fingerprint density at radius 3 is 3.18 bits per heavy atom.